The van der Waals surface area contributed by atoms with Crippen LogP contribution in [-0.2, 0) is 9.53 Å². The van der Waals surface area contributed by atoms with Gasteiger partial charge in [-0.25, -0.2) is 4.79 Å². The van der Waals surface area contributed by atoms with E-state index in [4.69, 9.17) is 4.74 Å². The standard InChI is InChI=1S/C10H18I2O2Si/c1-2-6-9(13)14-7-4-3-5-8-15-10(11)12/h2,6,10H,3-5,7-8,15H2,1H3. The number of alkyl halides is 2. The van der Waals surface area contributed by atoms with E-state index >= 15 is 0 Å². The molecule has 0 N–H and O–H groups in total. The number of esters is 1. The summed E-state index contributed by atoms with van der Waals surface area (Å²) < 4.78 is 5.87. The van der Waals surface area contributed by atoms with E-state index in [9.17, 15) is 4.79 Å². The van der Waals surface area contributed by atoms with Crippen LogP contribution in [0.2, 0.25) is 6.04 Å². The maximum Gasteiger partial charge on any atom is 0.330 e. The van der Waals surface area contributed by atoms with Gasteiger partial charge in [0, 0.05) is 17.2 Å². The minimum absolute atomic E-state index is 0.142. The Bertz CT molecular complexity index is 196. The van der Waals surface area contributed by atoms with Crippen molar-refractivity contribution in [1.29, 1.82) is 0 Å². The van der Waals surface area contributed by atoms with E-state index in [0.717, 1.165) is 7.98 Å². The number of halogens is 2. The molecule has 0 aliphatic carbocycles. The summed E-state index contributed by atoms with van der Waals surface area (Å²) in [5.74, 6) is -0.216. The van der Waals surface area contributed by atoms with Crippen LogP contribution in [0.3, 0.4) is 0 Å². The Hall–Kier alpha value is 0.887. The quantitative estimate of drug-likeness (QED) is 0.141. The zero-order chi connectivity index (χ0) is 11.5. The molecule has 0 atom stereocenters. The summed E-state index contributed by atoms with van der Waals surface area (Å²) in [6.45, 7) is 2.39. The van der Waals surface area contributed by atoms with E-state index < -0.39 is 0 Å². The first-order valence-electron chi connectivity index (χ1n) is 5.24. The van der Waals surface area contributed by atoms with E-state index in [1.807, 2.05) is 6.92 Å². The lowest BCUT2D eigenvalue weighted by Gasteiger charge is -2.02. The topological polar surface area (TPSA) is 26.3 Å². The smallest absolute Gasteiger partial charge is 0.330 e. The van der Waals surface area contributed by atoms with Crippen molar-refractivity contribution in [1.82, 2.24) is 0 Å². The molecule has 0 rings (SSSR count). The Morgan fingerprint density at radius 3 is 2.73 bits per heavy atom. The van der Waals surface area contributed by atoms with Gasteiger partial charge < -0.3 is 4.74 Å². The molecular formula is C10H18I2O2Si. The van der Waals surface area contributed by atoms with Gasteiger partial charge in [0.2, 0.25) is 0 Å². The Morgan fingerprint density at radius 1 is 1.40 bits per heavy atom. The number of ether oxygens (including phenoxy) is 1. The van der Waals surface area contributed by atoms with Crippen LogP contribution >= 0.6 is 45.2 Å². The fourth-order valence-electron chi connectivity index (χ4n) is 1.11. The second-order valence-corrected chi connectivity index (χ2v) is 14.1. The van der Waals surface area contributed by atoms with E-state index in [-0.39, 0.29) is 15.5 Å². The van der Waals surface area contributed by atoms with Crippen molar-refractivity contribution in [2.75, 3.05) is 6.61 Å². The van der Waals surface area contributed by atoms with Crippen molar-refractivity contribution in [3.05, 3.63) is 12.2 Å². The van der Waals surface area contributed by atoms with Gasteiger partial charge in [-0.3, -0.25) is 0 Å². The fourth-order valence-corrected chi connectivity index (χ4v) is 4.70. The molecule has 0 saturated heterocycles. The number of hydrogen-bond acceptors (Lipinski definition) is 2. The van der Waals surface area contributed by atoms with Gasteiger partial charge in [-0.1, -0.05) is 70.1 Å². The first kappa shape index (κ1) is 15.9. The van der Waals surface area contributed by atoms with Gasteiger partial charge >= 0.3 is 5.97 Å². The maximum absolute atomic E-state index is 10.9. The summed E-state index contributed by atoms with van der Waals surface area (Å²) in [5.41, 5.74) is 0. The molecule has 0 saturated carbocycles. The van der Waals surface area contributed by atoms with Gasteiger partial charge in [0.05, 0.1) is 6.61 Å². The molecule has 2 nitrogen and oxygen atoms in total. The SMILES string of the molecule is CC=CC(=O)OCCCCC[SiH2]C(I)I. The molecule has 0 amide bonds. The Kier molecular flexibility index (Phi) is 12.0. The number of rotatable bonds is 8. The highest BCUT2D eigenvalue weighted by molar-refractivity contribution is 14.2. The van der Waals surface area contributed by atoms with Crippen LogP contribution in [0.25, 0.3) is 0 Å². The van der Waals surface area contributed by atoms with Crippen molar-refractivity contribution in [3.63, 3.8) is 0 Å². The second-order valence-electron chi connectivity index (χ2n) is 3.26. The number of allylic oxidation sites excluding steroid dienone is 1. The average molecular weight is 452 g/mol. The molecule has 0 heterocycles. The fraction of sp³-hybridized carbons (Fsp3) is 0.700. The third-order valence-electron chi connectivity index (χ3n) is 1.86. The van der Waals surface area contributed by atoms with E-state index in [2.05, 4.69) is 45.2 Å². The summed E-state index contributed by atoms with van der Waals surface area (Å²) in [7, 11) is 0.142. The van der Waals surface area contributed by atoms with Gasteiger partial charge in [0.1, 0.15) is 0 Å². The minimum atomic E-state index is -0.216. The molecule has 0 aromatic carbocycles. The molecule has 0 aliphatic rings. The molecule has 88 valence electrons. The Morgan fingerprint density at radius 2 is 2.13 bits per heavy atom. The monoisotopic (exact) mass is 452 g/mol. The van der Waals surface area contributed by atoms with Crippen LogP contribution in [0.5, 0.6) is 0 Å². The number of carbonyl (C=O) groups is 1. The number of carbonyl (C=O) groups excluding carboxylic acids is 1. The molecule has 15 heavy (non-hydrogen) atoms. The molecular weight excluding hydrogens is 434 g/mol. The van der Waals surface area contributed by atoms with Gasteiger partial charge in [0.25, 0.3) is 0 Å². The van der Waals surface area contributed by atoms with Crippen molar-refractivity contribution in [3.8, 4) is 0 Å². The highest BCUT2D eigenvalue weighted by Gasteiger charge is 1.99. The Balaban J connectivity index is 3.15. The minimum Gasteiger partial charge on any atom is -0.463 e. The zero-order valence-electron chi connectivity index (χ0n) is 9.05. The number of unbranched alkanes of at least 4 members (excludes halogenated alkanes) is 2. The highest BCUT2D eigenvalue weighted by atomic mass is 127. The summed E-state index contributed by atoms with van der Waals surface area (Å²) >= 11 is 5.00. The van der Waals surface area contributed by atoms with Crippen molar-refractivity contribution in [2.45, 2.75) is 33.8 Å². The third kappa shape index (κ3) is 12.8. The van der Waals surface area contributed by atoms with E-state index in [0.29, 0.717) is 6.61 Å². The first-order chi connectivity index (χ1) is 7.16. The molecule has 0 aliphatic heterocycles. The van der Waals surface area contributed by atoms with Crippen LogP contribution in [0.15, 0.2) is 12.2 Å². The van der Waals surface area contributed by atoms with Gasteiger partial charge in [-0.2, -0.15) is 0 Å². The van der Waals surface area contributed by atoms with Gasteiger partial charge in [0.15, 0.2) is 0 Å². The van der Waals surface area contributed by atoms with Crippen LogP contribution in [0, 0.1) is 0 Å². The zero-order valence-corrected chi connectivity index (χ0v) is 14.8. The third-order valence-corrected chi connectivity index (χ3v) is 6.95. The van der Waals surface area contributed by atoms with Crippen molar-refractivity contribution in [2.24, 2.45) is 0 Å². The molecule has 0 aromatic rings. The summed E-state index contributed by atoms with van der Waals surface area (Å²) in [4.78, 5) is 10.9. The molecule has 0 fully saturated rings. The Labute approximate surface area is 122 Å². The van der Waals surface area contributed by atoms with E-state index in [1.54, 1.807) is 6.08 Å². The van der Waals surface area contributed by atoms with Crippen molar-refractivity contribution >= 4 is 60.7 Å². The highest BCUT2D eigenvalue weighted by Crippen LogP contribution is 2.11. The van der Waals surface area contributed by atoms with Crippen LogP contribution < -0.4 is 0 Å². The molecule has 0 radical (unpaired) electrons. The van der Waals surface area contributed by atoms with Gasteiger partial charge in [-0.05, 0) is 13.3 Å². The molecule has 0 unspecified atom stereocenters. The molecule has 5 heteroatoms. The van der Waals surface area contributed by atoms with Crippen LogP contribution in [-0.4, -0.2) is 23.7 Å². The first-order valence-corrected chi connectivity index (χ1v) is 9.55. The van der Waals surface area contributed by atoms with Crippen LogP contribution in [0.4, 0.5) is 0 Å². The molecule has 0 aromatic heterocycles. The lowest BCUT2D eigenvalue weighted by atomic mass is 10.3. The molecule has 0 spiro atoms. The predicted molar refractivity (Wildman–Crippen MR) is 84.8 cm³/mol. The summed E-state index contributed by atoms with van der Waals surface area (Å²) in [5, 5.41) is 0. The summed E-state index contributed by atoms with van der Waals surface area (Å²) in [6, 6.07) is 1.42. The van der Waals surface area contributed by atoms with Crippen LogP contribution in [0.1, 0.15) is 26.2 Å². The molecule has 0 bridgehead atoms. The lowest BCUT2D eigenvalue weighted by molar-refractivity contribution is -0.137. The second kappa shape index (κ2) is 11.4. The maximum atomic E-state index is 10.9. The predicted octanol–water partition coefficient (Wildman–Crippen LogP) is 3.02. The normalized spacial score (nSPS) is 12.0. The van der Waals surface area contributed by atoms with Crippen molar-refractivity contribution < 1.29 is 9.53 Å². The summed E-state index contributed by atoms with van der Waals surface area (Å²) in [6.07, 6.45) is 6.66. The van der Waals surface area contributed by atoms with E-state index in [1.165, 1.54) is 25.0 Å². The number of hydrogen-bond donors (Lipinski definition) is 0. The van der Waals surface area contributed by atoms with Gasteiger partial charge in [-0.15, -0.1) is 0 Å². The average Bonchev–Trinajstić information content (AvgIpc) is 2.16. The largest absolute Gasteiger partial charge is 0.463 e. The lowest BCUT2D eigenvalue weighted by Crippen LogP contribution is -2.03.